The summed E-state index contributed by atoms with van der Waals surface area (Å²) in [5.74, 6) is 2.16. The van der Waals surface area contributed by atoms with Crippen molar-refractivity contribution in [1.29, 1.82) is 0 Å². The van der Waals surface area contributed by atoms with Gasteiger partial charge in [-0.15, -0.1) is 0 Å². The van der Waals surface area contributed by atoms with Gasteiger partial charge in [-0.3, -0.25) is 4.79 Å². The topological polar surface area (TPSA) is 38.8 Å². The second-order valence-electron chi connectivity index (χ2n) is 5.05. The second-order valence-corrected chi connectivity index (χ2v) is 5.05. The molecule has 0 aliphatic heterocycles. The molecule has 0 aromatic heterocycles. The van der Waals surface area contributed by atoms with Crippen molar-refractivity contribution in [2.45, 2.75) is 25.8 Å². The van der Waals surface area contributed by atoms with Crippen molar-refractivity contribution >= 4 is 5.91 Å². The molecule has 1 amide bonds. The summed E-state index contributed by atoms with van der Waals surface area (Å²) in [7, 11) is 3.47. The molecule has 1 aromatic carbocycles. The highest BCUT2D eigenvalue weighted by Crippen LogP contribution is 2.34. The zero-order chi connectivity index (χ0) is 13.8. The number of ether oxygens (including phenoxy) is 2. The Morgan fingerprint density at radius 3 is 2.42 bits per heavy atom. The van der Waals surface area contributed by atoms with E-state index in [9.17, 15) is 4.79 Å². The number of likely N-dealkylation sites (N-methyl/N-ethyl adjacent to an activating group) is 1. The van der Waals surface area contributed by atoms with Crippen molar-refractivity contribution in [2.24, 2.45) is 5.92 Å². The second kappa shape index (κ2) is 5.95. The Bertz CT molecular complexity index is 426. The van der Waals surface area contributed by atoms with Crippen molar-refractivity contribution < 1.29 is 14.3 Å². The first-order chi connectivity index (χ1) is 9.11. The fourth-order valence-corrected chi connectivity index (χ4v) is 2.04. The Morgan fingerprint density at radius 2 is 1.89 bits per heavy atom. The zero-order valence-electron chi connectivity index (χ0n) is 11.8. The maximum atomic E-state index is 12.0. The van der Waals surface area contributed by atoms with E-state index in [1.807, 2.05) is 19.2 Å². The van der Waals surface area contributed by atoms with Gasteiger partial charge in [0.1, 0.15) is 11.5 Å². The SMILES string of the molecule is COc1ccc(OCC(=O)N(C)C(C)C2CC2)cc1. The van der Waals surface area contributed by atoms with Gasteiger partial charge < -0.3 is 14.4 Å². The molecular weight excluding hydrogens is 242 g/mol. The number of carbonyl (C=O) groups is 1. The molecule has 19 heavy (non-hydrogen) atoms. The summed E-state index contributed by atoms with van der Waals surface area (Å²) in [6.07, 6.45) is 2.47. The van der Waals surface area contributed by atoms with E-state index in [-0.39, 0.29) is 12.5 Å². The largest absolute Gasteiger partial charge is 0.497 e. The monoisotopic (exact) mass is 263 g/mol. The van der Waals surface area contributed by atoms with Crippen LogP contribution >= 0.6 is 0 Å². The maximum Gasteiger partial charge on any atom is 0.260 e. The van der Waals surface area contributed by atoms with Gasteiger partial charge in [0, 0.05) is 13.1 Å². The van der Waals surface area contributed by atoms with E-state index in [0.29, 0.717) is 17.7 Å². The Morgan fingerprint density at radius 1 is 1.32 bits per heavy atom. The summed E-state index contributed by atoms with van der Waals surface area (Å²) in [4.78, 5) is 13.8. The van der Waals surface area contributed by atoms with Crippen molar-refractivity contribution in [2.75, 3.05) is 20.8 Å². The summed E-state index contributed by atoms with van der Waals surface area (Å²) in [6.45, 7) is 2.18. The van der Waals surface area contributed by atoms with Gasteiger partial charge in [-0.1, -0.05) is 0 Å². The molecule has 1 aliphatic rings. The van der Waals surface area contributed by atoms with E-state index in [4.69, 9.17) is 9.47 Å². The quantitative estimate of drug-likeness (QED) is 0.790. The minimum Gasteiger partial charge on any atom is -0.497 e. The Labute approximate surface area is 114 Å². The van der Waals surface area contributed by atoms with Gasteiger partial charge in [-0.05, 0) is 49.9 Å². The number of methoxy groups -OCH3 is 1. The predicted molar refractivity (Wildman–Crippen MR) is 73.4 cm³/mol. The van der Waals surface area contributed by atoms with E-state index >= 15 is 0 Å². The lowest BCUT2D eigenvalue weighted by Crippen LogP contribution is -2.39. The average Bonchev–Trinajstić information content (AvgIpc) is 3.28. The van der Waals surface area contributed by atoms with Crippen LogP contribution in [0.2, 0.25) is 0 Å². The molecule has 1 atom stereocenters. The number of amides is 1. The molecule has 2 rings (SSSR count). The van der Waals surface area contributed by atoms with E-state index in [1.54, 1.807) is 24.1 Å². The zero-order valence-corrected chi connectivity index (χ0v) is 11.8. The van der Waals surface area contributed by atoms with E-state index in [2.05, 4.69) is 6.92 Å². The van der Waals surface area contributed by atoms with Crippen molar-refractivity contribution in [1.82, 2.24) is 4.90 Å². The van der Waals surface area contributed by atoms with Gasteiger partial charge in [0.2, 0.25) is 0 Å². The van der Waals surface area contributed by atoms with E-state index < -0.39 is 0 Å². The highest BCUT2D eigenvalue weighted by atomic mass is 16.5. The highest BCUT2D eigenvalue weighted by molar-refractivity contribution is 5.77. The molecule has 104 valence electrons. The third kappa shape index (κ3) is 3.63. The van der Waals surface area contributed by atoms with Crippen molar-refractivity contribution in [3.8, 4) is 11.5 Å². The minimum absolute atomic E-state index is 0.0234. The molecule has 1 fully saturated rings. The van der Waals surface area contributed by atoms with Gasteiger partial charge in [-0.2, -0.15) is 0 Å². The molecule has 0 radical (unpaired) electrons. The van der Waals surface area contributed by atoms with Crippen LogP contribution < -0.4 is 9.47 Å². The number of hydrogen-bond acceptors (Lipinski definition) is 3. The summed E-state index contributed by atoms with van der Waals surface area (Å²) < 4.78 is 10.6. The fourth-order valence-electron chi connectivity index (χ4n) is 2.04. The molecule has 1 unspecified atom stereocenters. The smallest absolute Gasteiger partial charge is 0.260 e. The van der Waals surface area contributed by atoms with Crippen LogP contribution in [0.5, 0.6) is 11.5 Å². The Balaban J connectivity index is 1.81. The van der Waals surface area contributed by atoms with Crippen LogP contribution in [0.15, 0.2) is 24.3 Å². The van der Waals surface area contributed by atoms with Crippen LogP contribution in [0.25, 0.3) is 0 Å². The molecule has 1 aliphatic carbocycles. The maximum absolute atomic E-state index is 12.0. The minimum atomic E-state index is 0.0234. The van der Waals surface area contributed by atoms with Crippen LogP contribution in [-0.2, 0) is 4.79 Å². The van der Waals surface area contributed by atoms with Gasteiger partial charge in [0.15, 0.2) is 6.61 Å². The van der Waals surface area contributed by atoms with Gasteiger partial charge >= 0.3 is 0 Å². The number of hydrogen-bond donors (Lipinski definition) is 0. The molecule has 1 saturated carbocycles. The molecule has 0 bridgehead atoms. The van der Waals surface area contributed by atoms with Gasteiger partial charge in [0.25, 0.3) is 5.91 Å². The summed E-state index contributed by atoms with van der Waals surface area (Å²) >= 11 is 0. The molecule has 0 heterocycles. The first-order valence-corrected chi connectivity index (χ1v) is 6.64. The molecule has 1 aromatic rings. The highest BCUT2D eigenvalue weighted by Gasteiger charge is 2.32. The van der Waals surface area contributed by atoms with Gasteiger partial charge in [0.05, 0.1) is 7.11 Å². The van der Waals surface area contributed by atoms with Crippen LogP contribution in [-0.4, -0.2) is 37.6 Å². The summed E-state index contributed by atoms with van der Waals surface area (Å²) in [6, 6.07) is 7.55. The number of carbonyl (C=O) groups excluding carboxylic acids is 1. The molecule has 0 saturated heterocycles. The molecule has 4 heteroatoms. The number of benzene rings is 1. The normalized spacial score (nSPS) is 15.7. The number of rotatable bonds is 6. The van der Waals surface area contributed by atoms with Crippen LogP contribution in [0.4, 0.5) is 0 Å². The Hall–Kier alpha value is -1.71. The average molecular weight is 263 g/mol. The van der Waals surface area contributed by atoms with Crippen LogP contribution in [0, 0.1) is 5.92 Å². The predicted octanol–water partition coefficient (Wildman–Crippen LogP) is 2.33. The van der Waals surface area contributed by atoms with Crippen LogP contribution in [0.3, 0.4) is 0 Å². The molecule has 0 N–H and O–H groups in total. The van der Waals surface area contributed by atoms with E-state index in [1.165, 1.54) is 12.8 Å². The van der Waals surface area contributed by atoms with Gasteiger partial charge in [-0.25, -0.2) is 0 Å². The molecular formula is C15H21NO3. The first-order valence-electron chi connectivity index (χ1n) is 6.64. The third-order valence-corrected chi connectivity index (χ3v) is 3.73. The van der Waals surface area contributed by atoms with E-state index in [0.717, 1.165) is 5.75 Å². The lowest BCUT2D eigenvalue weighted by Gasteiger charge is -2.24. The summed E-state index contributed by atoms with van der Waals surface area (Å²) in [5.41, 5.74) is 0. The Kier molecular flexibility index (Phi) is 4.30. The third-order valence-electron chi connectivity index (χ3n) is 3.73. The lowest BCUT2D eigenvalue weighted by atomic mass is 10.2. The first kappa shape index (κ1) is 13.7. The van der Waals surface area contributed by atoms with Crippen molar-refractivity contribution in [3.63, 3.8) is 0 Å². The lowest BCUT2D eigenvalue weighted by molar-refractivity contribution is -0.134. The van der Waals surface area contributed by atoms with Crippen LogP contribution in [0.1, 0.15) is 19.8 Å². The number of nitrogens with zero attached hydrogens (tertiary/aromatic N) is 1. The standard InChI is InChI=1S/C15H21NO3/c1-11(12-4-5-12)16(2)15(17)10-19-14-8-6-13(18-3)7-9-14/h6-9,11-12H,4-5,10H2,1-3H3. The molecule has 0 spiro atoms. The summed E-state index contributed by atoms with van der Waals surface area (Å²) in [5, 5.41) is 0. The molecule has 4 nitrogen and oxygen atoms in total. The van der Waals surface area contributed by atoms with Crippen molar-refractivity contribution in [3.05, 3.63) is 24.3 Å². The fraction of sp³-hybridized carbons (Fsp3) is 0.533.